The van der Waals surface area contributed by atoms with Gasteiger partial charge in [0.15, 0.2) is 0 Å². The van der Waals surface area contributed by atoms with Crippen molar-refractivity contribution < 1.29 is 9.53 Å². The number of nitrogens with two attached hydrogens (primary N) is 1. The summed E-state index contributed by atoms with van der Waals surface area (Å²) in [4.78, 5) is 11.7. The standard InChI is InChI=1S/C12H16N2O2/c13-5-7-16-10-3-4-11-9(8-10)2-1-6-14-12(11)15/h3-4,8H,1-2,5-7,13H2,(H,14,15). The zero-order valence-corrected chi connectivity index (χ0v) is 9.16. The second-order valence-electron chi connectivity index (χ2n) is 3.82. The topological polar surface area (TPSA) is 64.3 Å². The SMILES string of the molecule is NCCOc1ccc2c(c1)CCCNC2=O. The van der Waals surface area contributed by atoms with Gasteiger partial charge in [-0.05, 0) is 36.6 Å². The van der Waals surface area contributed by atoms with Crippen LogP contribution in [0, 0.1) is 0 Å². The number of amides is 1. The number of fused-ring (bicyclic) bond motifs is 1. The largest absolute Gasteiger partial charge is 0.492 e. The molecule has 0 unspecified atom stereocenters. The number of hydrogen-bond donors (Lipinski definition) is 2. The van der Waals surface area contributed by atoms with E-state index in [1.165, 1.54) is 0 Å². The molecule has 0 spiro atoms. The molecule has 1 amide bonds. The molecule has 0 aromatic heterocycles. The van der Waals surface area contributed by atoms with E-state index in [0.29, 0.717) is 13.2 Å². The number of rotatable bonds is 3. The Morgan fingerprint density at radius 3 is 3.12 bits per heavy atom. The third kappa shape index (κ3) is 2.33. The van der Waals surface area contributed by atoms with Gasteiger partial charge in [-0.15, -0.1) is 0 Å². The first kappa shape index (κ1) is 11.0. The van der Waals surface area contributed by atoms with Crippen molar-refractivity contribution in [2.45, 2.75) is 12.8 Å². The molecule has 1 aromatic carbocycles. The molecule has 0 saturated heterocycles. The fraction of sp³-hybridized carbons (Fsp3) is 0.417. The van der Waals surface area contributed by atoms with Crippen LogP contribution in [0.5, 0.6) is 5.75 Å². The van der Waals surface area contributed by atoms with Crippen molar-refractivity contribution in [3.63, 3.8) is 0 Å². The highest BCUT2D eigenvalue weighted by molar-refractivity contribution is 5.96. The summed E-state index contributed by atoms with van der Waals surface area (Å²) in [5.41, 5.74) is 7.19. The molecule has 1 aliphatic heterocycles. The minimum absolute atomic E-state index is 0.0119. The van der Waals surface area contributed by atoms with Crippen LogP contribution in [0.3, 0.4) is 0 Å². The highest BCUT2D eigenvalue weighted by atomic mass is 16.5. The van der Waals surface area contributed by atoms with E-state index in [-0.39, 0.29) is 5.91 Å². The van der Waals surface area contributed by atoms with E-state index in [4.69, 9.17) is 10.5 Å². The van der Waals surface area contributed by atoms with Gasteiger partial charge in [0.1, 0.15) is 12.4 Å². The highest BCUT2D eigenvalue weighted by Crippen LogP contribution is 2.20. The summed E-state index contributed by atoms with van der Waals surface area (Å²) in [5, 5.41) is 2.86. The minimum atomic E-state index is 0.0119. The molecule has 0 radical (unpaired) electrons. The second kappa shape index (κ2) is 4.99. The molecule has 1 aromatic rings. The van der Waals surface area contributed by atoms with E-state index in [2.05, 4.69) is 5.32 Å². The first-order valence-electron chi connectivity index (χ1n) is 5.55. The number of benzene rings is 1. The van der Waals surface area contributed by atoms with E-state index in [9.17, 15) is 4.79 Å². The van der Waals surface area contributed by atoms with Crippen molar-refractivity contribution in [2.75, 3.05) is 19.7 Å². The van der Waals surface area contributed by atoms with E-state index in [1.54, 1.807) is 0 Å². The third-order valence-corrected chi connectivity index (χ3v) is 2.62. The smallest absolute Gasteiger partial charge is 0.251 e. The van der Waals surface area contributed by atoms with E-state index < -0.39 is 0 Å². The van der Waals surface area contributed by atoms with Crippen molar-refractivity contribution in [3.05, 3.63) is 29.3 Å². The van der Waals surface area contributed by atoms with Crippen LogP contribution >= 0.6 is 0 Å². The minimum Gasteiger partial charge on any atom is -0.492 e. The number of nitrogens with one attached hydrogen (secondary N) is 1. The maximum absolute atomic E-state index is 11.7. The van der Waals surface area contributed by atoms with Gasteiger partial charge in [0.05, 0.1) is 0 Å². The summed E-state index contributed by atoms with van der Waals surface area (Å²) < 4.78 is 5.44. The number of hydrogen-bond acceptors (Lipinski definition) is 3. The number of aryl methyl sites for hydroxylation is 1. The van der Waals surface area contributed by atoms with Crippen molar-refractivity contribution in [1.82, 2.24) is 5.32 Å². The molecule has 4 nitrogen and oxygen atoms in total. The Morgan fingerprint density at radius 1 is 1.44 bits per heavy atom. The first-order chi connectivity index (χ1) is 7.81. The lowest BCUT2D eigenvalue weighted by atomic mass is 10.0. The van der Waals surface area contributed by atoms with Crippen LogP contribution in [0.15, 0.2) is 18.2 Å². The number of ether oxygens (including phenoxy) is 1. The van der Waals surface area contributed by atoms with E-state index >= 15 is 0 Å². The van der Waals surface area contributed by atoms with Gasteiger partial charge >= 0.3 is 0 Å². The van der Waals surface area contributed by atoms with Crippen LogP contribution in [0.4, 0.5) is 0 Å². The molecule has 4 heteroatoms. The second-order valence-corrected chi connectivity index (χ2v) is 3.82. The summed E-state index contributed by atoms with van der Waals surface area (Å²) in [5.74, 6) is 0.803. The van der Waals surface area contributed by atoms with Crippen molar-refractivity contribution in [3.8, 4) is 5.75 Å². The Hall–Kier alpha value is -1.55. The van der Waals surface area contributed by atoms with Crippen LogP contribution < -0.4 is 15.8 Å². The van der Waals surface area contributed by atoms with Gasteiger partial charge in [-0.2, -0.15) is 0 Å². The zero-order chi connectivity index (χ0) is 11.4. The molecular formula is C12H16N2O2. The van der Waals surface area contributed by atoms with Gasteiger partial charge in [0.25, 0.3) is 5.91 Å². The van der Waals surface area contributed by atoms with Gasteiger partial charge < -0.3 is 15.8 Å². The Balaban J connectivity index is 2.23. The quantitative estimate of drug-likeness (QED) is 0.788. The molecular weight excluding hydrogens is 204 g/mol. The van der Waals surface area contributed by atoms with Crippen LogP contribution in [-0.2, 0) is 6.42 Å². The molecule has 0 fully saturated rings. The lowest BCUT2D eigenvalue weighted by Gasteiger charge is -2.08. The predicted molar refractivity (Wildman–Crippen MR) is 61.6 cm³/mol. The average molecular weight is 220 g/mol. The molecule has 16 heavy (non-hydrogen) atoms. The lowest BCUT2D eigenvalue weighted by molar-refractivity contribution is 0.0956. The highest BCUT2D eigenvalue weighted by Gasteiger charge is 2.15. The molecule has 3 N–H and O–H groups in total. The molecule has 2 rings (SSSR count). The van der Waals surface area contributed by atoms with Gasteiger partial charge in [-0.3, -0.25) is 4.79 Å². The van der Waals surface area contributed by atoms with Crippen LogP contribution in [0.1, 0.15) is 22.3 Å². The van der Waals surface area contributed by atoms with Gasteiger partial charge in [0, 0.05) is 18.7 Å². The van der Waals surface area contributed by atoms with Gasteiger partial charge in [0.2, 0.25) is 0 Å². The molecule has 1 aliphatic rings. The summed E-state index contributed by atoms with van der Waals surface area (Å²) in [6.07, 6.45) is 1.88. The fourth-order valence-corrected chi connectivity index (χ4v) is 1.84. The predicted octanol–water partition coefficient (Wildman–Crippen LogP) is 0.700. The molecule has 0 saturated carbocycles. The van der Waals surface area contributed by atoms with Gasteiger partial charge in [-0.1, -0.05) is 0 Å². The molecule has 0 aliphatic carbocycles. The molecule has 86 valence electrons. The fourth-order valence-electron chi connectivity index (χ4n) is 1.84. The number of carbonyl (C=O) groups is 1. The number of carbonyl (C=O) groups excluding carboxylic acids is 1. The third-order valence-electron chi connectivity index (χ3n) is 2.62. The maximum Gasteiger partial charge on any atom is 0.251 e. The Morgan fingerprint density at radius 2 is 2.31 bits per heavy atom. The summed E-state index contributed by atoms with van der Waals surface area (Å²) in [6, 6.07) is 5.58. The summed E-state index contributed by atoms with van der Waals surface area (Å²) in [6.45, 7) is 1.75. The van der Waals surface area contributed by atoms with Crippen molar-refractivity contribution in [1.29, 1.82) is 0 Å². The Bertz CT molecular complexity index is 391. The summed E-state index contributed by atoms with van der Waals surface area (Å²) in [7, 11) is 0. The zero-order valence-electron chi connectivity index (χ0n) is 9.16. The maximum atomic E-state index is 11.7. The first-order valence-corrected chi connectivity index (χ1v) is 5.55. The summed E-state index contributed by atoms with van der Waals surface area (Å²) >= 11 is 0. The van der Waals surface area contributed by atoms with Crippen molar-refractivity contribution >= 4 is 5.91 Å². The van der Waals surface area contributed by atoms with Gasteiger partial charge in [-0.25, -0.2) is 0 Å². The Labute approximate surface area is 94.8 Å². The average Bonchev–Trinajstić information content (AvgIpc) is 2.49. The lowest BCUT2D eigenvalue weighted by Crippen LogP contribution is -2.22. The molecule has 0 atom stereocenters. The van der Waals surface area contributed by atoms with Crippen LogP contribution in [0.25, 0.3) is 0 Å². The van der Waals surface area contributed by atoms with E-state index in [0.717, 1.165) is 36.3 Å². The normalized spacial score (nSPS) is 14.9. The van der Waals surface area contributed by atoms with Crippen LogP contribution in [-0.4, -0.2) is 25.6 Å². The molecule has 1 heterocycles. The van der Waals surface area contributed by atoms with Crippen LogP contribution in [0.2, 0.25) is 0 Å². The molecule has 0 bridgehead atoms. The Kier molecular flexibility index (Phi) is 3.41. The van der Waals surface area contributed by atoms with E-state index in [1.807, 2.05) is 18.2 Å². The van der Waals surface area contributed by atoms with Crippen molar-refractivity contribution in [2.24, 2.45) is 5.73 Å². The monoisotopic (exact) mass is 220 g/mol.